The Morgan fingerprint density at radius 3 is 2.88 bits per heavy atom. The molecule has 2 atom stereocenters. The minimum atomic E-state index is -0.819. The van der Waals surface area contributed by atoms with Gasteiger partial charge in [0.05, 0.1) is 5.92 Å². The molecule has 1 heterocycles. The van der Waals surface area contributed by atoms with Gasteiger partial charge in [-0.1, -0.05) is 0 Å². The summed E-state index contributed by atoms with van der Waals surface area (Å²) < 4.78 is 0. The van der Waals surface area contributed by atoms with E-state index in [1.54, 1.807) is 0 Å². The molecular formula is C11H20N2O3. The Morgan fingerprint density at radius 1 is 1.56 bits per heavy atom. The lowest BCUT2D eigenvalue weighted by atomic mass is 9.98. The van der Waals surface area contributed by atoms with E-state index in [1.807, 2.05) is 6.92 Å². The van der Waals surface area contributed by atoms with E-state index in [-0.39, 0.29) is 24.3 Å². The first-order chi connectivity index (χ1) is 7.59. The van der Waals surface area contributed by atoms with Crippen molar-refractivity contribution in [2.75, 3.05) is 13.1 Å². The maximum absolute atomic E-state index is 11.8. The predicted molar refractivity (Wildman–Crippen MR) is 60.1 cm³/mol. The van der Waals surface area contributed by atoms with Crippen molar-refractivity contribution in [3.63, 3.8) is 0 Å². The maximum atomic E-state index is 11.8. The Morgan fingerprint density at radius 2 is 2.31 bits per heavy atom. The maximum Gasteiger partial charge on any atom is 0.303 e. The molecule has 0 aromatic carbocycles. The fourth-order valence-corrected chi connectivity index (χ4v) is 1.85. The van der Waals surface area contributed by atoms with E-state index >= 15 is 0 Å². The molecule has 92 valence electrons. The third-order valence-corrected chi connectivity index (χ3v) is 2.85. The van der Waals surface area contributed by atoms with Gasteiger partial charge in [-0.3, -0.25) is 9.59 Å². The predicted octanol–water partition coefficient (Wildman–Crippen LogP) is 0.356. The molecule has 1 amide bonds. The third kappa shape index (κ3) is 4.61. The number of hydrogen-bond donors (Lipinski definition) is 3. The molecule has 5 heteroatoms. The third-order valence-electron chi connectivity index (χ3n) is 2.85. The highest BCUT2D eigenvalue weighted by atomic mass is 16.4. The van der Waals surface area contributed by atoms with Crippen LogP contribution in [0.2, 0.25) is 0 Å². The number of piperidine rings is 1. The highest BCUT2D eigenvalue weighted by molar-refractivity contribution is 5.79. The number of carboxylic acid groups (broad SMARTS) is 1. The van der Waals surface area contributed by atoms with Crippen LogP contribution in [0.5, 0.6) is 0 Å². The van der Waals surface area contributed by atoms with Crippen LogP contribution in [-0.2, 0) is 9.59 Å². The van der Waals surface area contributed by atoms with Crippen LogP contribution in [0.3, 0.4) is 0 Å². The molecule has 0 bridgehead atoms. The summed E-state index contributed by atoms with van der Waals surface area (Å²) in [7, 11) is 0. The normalized spacial score (nSPS) is 22.4. The Bertz CT molecular complexity index is 250. The van der Waals surface area contributed by atoms with Crippen LogP contribution in [0.15, 0.2) is 0 Å². The number of aliphatic carboxylic acids is 1. The topological polar surface area (TPSA) is 78.4 Å². The molecule has 3 N–H and O–H groups in total. The zero-order valence-electron chi connectivity index (χ0n) is 9.66. The number of amides is 1. The first kappa shape index (κ1) is 13.0. The van der Waals surface area contributed by atoms with Crippen LogP contribution in [0.1, 0.15) is 32.6 Å². The Hall–Kier alpha value is -1.10. The first-order valence-electron chi connectivity index (χ1n) is 5.82. The monoisotopic (exact) mass is 228 g/mol. The van der Waals surface area contributed by atoms with E-state index < -0.39 is 5.97 Å². The molecule has 0 aromatic heterocycles. The average molecular weight is 228 g/mol. The van der Waals surface area contributed by atoms with Crippen molar-refractivity contribution in [3.05, 3.63) is 0 Å². The fourth-order valence-electron chi connectivity index (χ4n) is 1.85. The smallest absolute Gasteiger partial charge is 0.303 e. The van der Waals surface area contributed by atoms with Gasteiger partial charge in [-0.25, -0.2) is 0 Å². The van der Waals surface area contributed by atoms with E-state index in [1.165, 1.54) is 0 Å². The minimum absolute atomic E-state index is 0.0426. The molecule has 5 nitrogen and oxygen atoms in total. The standard InChI is InChI=1S/C11H20N2O3/c1-8(4-5-10(14)15)13-11(16)9-3-2-6-12-7-9/h8-9,12H,2-7H2,1H3,(H,13,16)(H,14,15). The molecule has 1 fully saturated rings. The molecule has 0 saturated carbocycles. The van der Waals surface area contributed by atoms with Crippen molar-refractivity contribution in [3.8, 4) is 0 Å². The van der Waals surface area contributed by atoms with Gasteiger partial charge in [-0.2, -0.15) is 0 Å². The van der Waals surface area contributed by atoms with E-state index in [0.717, 1.165) is 25.9 Å². The average Bonchev–Trinajstić information content (AvgIpc) is 2.27. The van der Waals surface area contributed by atoms with E-state index in [0.29, 0.717) is 6.42 Å². The Balaban J connectivity index is 2.23. The van der Waals surface area contributed by atoms with Crippen molar-refractivity contribution in [1.29, 1.82) is 0 Å². The molecule has 1 aliphatic heterocycles. The molecule has 0 aromatic rings. The van der Waals surface area contributed by atoms with Crippen molar-refractivity contribution >= 4 is 11.9 Å². The van der Waals surface area contributed by atoms with Crippen LogP contribution in [0, 0.1) is 5.92 Å². The summed E-state index contributed by atoms with van der Waals surface area (Å²) >= 11 is 0. The lowest BCUT2D eigenvalue weighted by molar-refractivity contribution is -0.137. The highest BCUT2D eigenvalue weighted by Crippen LogP contribution is 2.10. The zero-order chi connectivity index (χ0) is 12.0. The molecule has 0 radical (unpaired) electrons. The second-order valence-corrected chi connectivity index (χ2v) is 4.39. The van der Waals surface area contributed by atoms with Gasteiger partial charge in [-0.05, 0) is 32.7 Å². The fraction of sp³-hybridized carbons (Fsp3) is 0.818. The summed E-state index contributed by atoms with van der Waals surface area (Å²) in [5, 5.41) is 14.6. The largest absolute Gasteiger partial charge is 0.481 e. The first-order valence-corrected chi connectivity index (χ1v) is 5.82. The summed E-state index contributed by atoms with van der Waals surface area (Å²) in [6, 6.07) is -0.0643. The number of nitrogens with one attached hydrogen (secondary N) is 2. The number of rotatable bonds is 5. The highest BCUT2D eigenvalue weighted by Gasteiger charge is 2.21. The van der Waals surface area contributed by atoms with Gasteiger partial charge >= 0.3 is 5.97 Å². The molecular weight excluding hydrogens is 208 g/mol. The molecule has 0 spiro atoms. The van der Waals surface area contributed by atoms with Gasteiger partial charge in [0, 0.05) is 19.0 Å². The second-order valence-electron chi connectivity index (χ2n) is 4.39. The van der Waals surface area contributed by atoms with Gasteiger partial charge in [0.1, 0.15) is 0 Å². The van der Waals surface area contributed by atoms with E-state index in [9.17, 15) is 9.59 Å². The number of carboxylic acids is 1. The zero-order valence-corrected chi connectivity index (χ0v) is 9.66. The summed E-state index contributed by atoms with van der Waals surface area (Å²) in [6.45, 7) is 3.56. The van der Waals surface area contributed by atoms with Crippen molar-refractivity contribution in [2.45, 2.75) is 38.6 Å². The van der Waals surface area contributed by atoms with Gasteiger partial charge < -0.3 is 15.7 Å². The summed E-state index contributed by atoms with van der Waals surface area (Å²) in [5.41, 5.74) is 0. The molecule has 1 aliphatic rings. The quantitative estimate of drug-likeness (QED) is 0.634. The lowest BCUT2D eigenvalue weighted by Gasteiger charge is -2.23. The van der Waals surface area contributed by atoms with Crippen molar-refractivity contribution in [1.82, 2.24) is 10.6 Å². The summed E-state index contributed by atoms with van der Waals surface area (Å²) in [5.74, 6) is -0.730. The Kier molecular flexibility index (Phi) is 5.25. The number of hydrogen-bond acceptors (Lipinski definition) is 3. The van der Waals surface area contributed by atoms with Gasteiger partial charge in [0.2, 0.25) is 5.91 Å². The van der Waals surface area contributed by atoms with Gasteiger partial charge in [0.15, 0.2) is 0 Å². The summed E-state index contributed by atoms with van der Waals surface area (Å²) in [4.78, 5) is 22.1. The lowest BCUT2D eigenvalue weighted by Crippen LogP contribution is -2.43. The second kappa shape index (κ2) is 6.48. The van der Waals surface area contributed by atoms with Crippen LogP contribution >= 0.6 is 0 Å². The van der Waals surface area contributed by atoms with Gasteiger partial charge in [0.25, 0.3) is 0 Å². The molecule has 16 heavy (non-hydrogen) atoms. The Labute approximate surface area is 95.6 Å². The molecule has 1 saturated heterocycles. The van der Waals surface area contributed by atoms with Crippen molar-refractivity contribution in [2.24, 2.45) is 5.92 Å². The van der Waals surface area contributed by atoms with Gasteiger partial charge in [-0.15, -0.1) is 0 Å². The van der Waals surface area contributed by atoms with Crippen LogP contribution < -0.4 is 10.6 Å². The summed E-state index contributed by atoms with van der Waals surface area (Å²) in [6.07, 6.45) is 2.54. The molecule has 1 rings (SSSR count). The van der Waals surface area contributed by atoms with Crippen LogP contribution in [0.4, 0.5) is 0 Å². The van der Waals surface area contributed by atoms with Crippen LogP contribution in [-0.4, -0.2) is 36.1 Å². The van der Waals surface area contributed by atoms with Crippen molar-refractivity contribution < 1.29 is 14.7 Å². The minimum Gasteiger partial charge on any atom is -0.481 e. The van der Waals surface area contributed by atoms with Crippen LogP contribution in [0.25, 0.3) is 0 Å². The molecule has 2 unspecified atom stereocenters. The number of carbonyl (C=O) groups is 2. The SMILES string of the molecule is CC(CCC(=O)O)NC(=O)C1CCCNC1. The number of carbonyl (C=O) groups excluding carboxylic acids is 1. The molecule has 0 aliphatic carbocycles. The van der Waals surface area contributed by atoms with E-state index in [4.69, 9.17) is 5.11 Å². The van der Waals surface area contributed by atoms with E-state index in [2.05, 4.69) is 10.6 Å².